The van der Waals surface area contributed by atoms with Crippen LogP contribution in [-0.4, -0.2) is 41.5 Å². The second-order valence-corrected chi connectivity index (χ2v) is 12.2. The first kappa shape index (κ1) is 32.7. The Kier molecular flexibility index (Phi) is 11.1. The first-order valence-electron chi connectivity index (χ1n) is 15.0. The summed E-state index contributed by atoms with van der Waals surface area (Å²) in [6.07, 6.45) is 14.2. The minimum absolute atomic E-state index is 0.0833. The van der Waals surface area contributed by atoms with Crippen LogP contribution in [0.15, 0.2) is 60.8 Å². The number of carbonyl (C=O) groups is 3. The van der Waals surface area contributed by atoms with Gasteiger partial charge >= 0.3 is 11.9 Å². The molecule has 226 valence electrons. The van der Waals surface area contributed by atoms with Gasteiger partial charge in [-0.05, 0) is 67.9 Å². The highest BCUT2D eigenvalue weighted by Crippen LogP contribution is 2.69. The molecule has 0 aromatic heterocycles. The van der Waals surface area contributed by atoms with Crippen molar-refractivity contribution in [3.63, 3.8) is 0 Å². The number of aliphatic hydroxyl groups excluding tert-OH is 1. The molecule has 0 unspecified atom stereocenters. The maximum atomic E-state index is 14.1. The lowest BCUT2D eigenvalue weighted by atomic mass is 9.42. The SMILES string of the molecule is C=CC(=C)CC[C@]1(C)[C@H](C)C[C@H](C(=O)/C=C\C=C/CCCCC)[C@]23C(=C[C@@H](O)C[C@@H]12)[C@@H](OC(C)=O)O[C@H]3OC(C)=O. The number of unbranched alkanes of at least 4 members (excludes halogenated alkanes) is 3. The van der Waals surface area contributed by atoms with E-state index in [4.69, 9.17) is 14.2 Å². The molecule has 1 aliphatic heterocycles. The van der Waals surface area contributed by atoms with Crippen LogP contribution in [0.25, 0.3) is 0 Å². The summed E-state index contributed by atoms with van der Waals surface area (Å²) in [5, 5.41) is 11.1. The molecule has 3 aliphatic rings. The fourth-order valence-electron chi connectivity index (χ4n) is 7.30. The van der Waals surface area contributed by atoms with Gasteiger partial charge in [0, 0.05) is 25.3 Å². The van der Waals surface area contributed by atoms with E-state index in [1.807, 2.05) is 6.08 Å². The molecule has 2 aliphatic carbocycles. The highest BCUT2D eigenvalue weighted by atomic mass is 16.8. The van der Waals surface area contributed by atoms with Gasteiger partial charge in [0.05, 0.1) is 11.5 Å². The average molecular weight is 569 g/mol. The molecule has 0 amide bonds. The summed E-state index contributed by atoms with van der Waals surface area (Å²) in [6, 6.07) is 0. The topological polar surface area (TPSA) is 99.1 Å². The van der Waals surface area contributed by atoms with Crippen molar-refractivity contribution in [3.8, 4) is 0 Å². The maximum Gasteiger partial charge on any atom is 0.305 e. The number of rotatable bonds is 13. The van der Waals surface area contributed by atoms with E-state index in [0.717, 1.165) is 37.7 Å². The van der Waals surface area contributed by atoms with Gasteiger partial charge < -0.3 is 14.6 Å². The van der Waals surface area contributed by atoms with Crippen LogP contribution in [0, 0.1) is 28.6 Å². The summed E-state index contributed by atoms with van der Waals surface area (Å²) in [6.45, 7) is 17.0. The van der Waals surface area contributed by atoms with Crippen LogP contribution >= 0.6 is 0 Å². The van der Waals surface area contributed by atoms with Crippen molar-refractivity contribution in [3.05, 3.63) is 60.8 Å². The first-order chi connectivity index (χ1) is 19.4. The van der Waals surface area contributed by atoms with Gasteiger partial charge in [-0.2, -0.15) is 0 Å². The van der Waals surface area contributed by atoms with Gasteiger partial charge in [0.15, 0.2) is 5.78 Å². The van der Waals surface area contributed by atoms with E-state index in [1.54, 1.807) is 24.3 Å². The number of aliphatic hydroxyl groups is 1. The normalized spacial score (nSPS) is 34.5. The molecule has 1 N–H and O–H groups in total. The Bertz CT molecular complexity index is 1100. The third-order valence-corrected chi connectivity index (χ3v) is 9.55. The van der Waals surface area contributed by atoms with Crippen LogP contribution in [0.3, 0.4) is 0 Å². The summed E-state index contributed by atoms with van der Waals surface area (Å²) < 4.78 is 17.6. The van der Waals surface area contributed by atoms with Crippen molar-refractivity contribution in [2.75, 3.05) is 0 Å². The number of ketones is 1. The zero-order valence-electron chi connectivity index (χ0n) is 25.4. The van der Waals surface area contributed by atoms with Crippen LogP contribution < -0.4 is 0 Å². The smallest absolute Gasteiger partial charge is 0.305 e. The van der Waals surface area contributed by atoms with Gasteiger partial charge in [-0.25, -0.2) is 0 Å². The Morgan fingerprint density at radius 2 is 1.85 bits per heavy atom. The van der Waals surface area contributed by atoms with Crippen LogP contribution in [-0.2, 0) is 28.6 Å². The molecule has 3 rings (SSSR count). The van der Waals surface area contributed by atoms with E-state index < -0.39 is 42.0 Å². The van der Waals surface area contributed by atoms with Gasteiger partial charge in [0.1, 0.15) is 0 Å². The van der Waals surface area contributed by atoms with Crippen molar-refractivity contribution >= 4 is 17.7 Å². The third kappa shape index (κ3) is 6.83. The van der Waals surface area contributed by atoms with E-state index in [-0.39, 0.29) is 23.0 Å². The van der Waals surface area contributed by atoms with Crippen molar-refractivity contribution < 1.29 is 33.7 Å². The molecule has 2 fully saturated rings. The zero-order chi connectivity index (χ0) is 30.4. The molecule has 41 heavy (non-hydrogen) atoms. The molecule has 0 aromatic carbocycles. The number of ether oxygens (including phenoxy) is 3. The highest BCUT2D eigenvalue weighted by Gasteiger charge is 2.72. The lowest BCUT2D eigenvalue weighted by molar-refractivity contribution is -0.244. The van der Waals surface area contributed by atoms with E-state index in [1.165, 1.54) is 13.8 Å². The number of carbonyl (C=O) groups excluding carboxylic acids is 3. The number of allylic oxidation sites excluding steroid dienone is 6. The Labute approximate surface area is 245 Å². The summed E-state index contributed by atoms with van der Waals surface area (Å²) in [5.41, 5.74) is -0.0961. The molecular weight excluding hydrogens is 520 g/mol. The summed E-state index contributed by atoms with van der Waals surface area (Å²) in [4.78, 5) is 38.6. The standard InChI is InChI=1S/C34H48O7/c1-8-10-11-12-13-14-15-16-29(38)27-19-23(4)33(7,18-17-22(3)9-2)30-21-26(37)20-28-31(39-24(5)35)41-32(34(27,28)30)40-25(6)36/h9,13-16,20,23,26-27,30-32,37H,2-3,8,10-12,17-19,21H2,1,4-7H3/b14-13-,16-15-/t23-,26-,27-,30+,31+,32-,33-,34+/m1/s1. The summed E-state index contributed by atoms with van der Waals surface area (Å²) in [5.74, 6) is -2.09. The van der Waals surface area contributed by atoms with Crippen molar-refractivity contribution in [1.82, 2.24) is 0 Å². The van der Waals surface area contributed by atoms with Crippen molar-refractivity contribution in [2.45, 2.75) is 105 Å². The lowest BCUT2D eigenvalue weighted by Gasteiger charge is -2.61. The maximum absolute atomic E-state index is 14.1. The van der Waals surface area contributed by atoms with Gasteiger partial charge in [0.2, 0.25) is 12.6 Å². The monoisotopic (exact) mass is 568 g/mol. The predicted octanol–water partition coefficient (Wildman–Crippen LogP) is 6.54. The van der Waals surface area contributed by atoms with Gasteiger partial charge in [-0.15, -0.1) is 0 Å². The van der Waals surface area contributed by atoms with E-state index in [0.29, 0.717) is 24.8 Å². The van der Waals surface area contributed by atoms with Crippen LogP contribution in [0.1, 0.15) is 86.0 Å². The Hall–Kier alpha value is -2.77. The fourth-order valence-corrected chi connectivity index (χ4v) is 7.30. The molecule has 0 radical (unpaired) electrons. The Morgan fingerprint density at radius 1 is 1.15 bits per heavy atom. The Balaban J connectivity index is 2.14. The summed E-state index contributed by atoms with van der Waals surface area (Å²) in [7, 11) is 0. The second kappa shape index (κ2) is 13.9. The van der Waals surface area contributed by atoms with Gasteiger partial charge in [-0.1, -0.05) is 76.6 Å². The number of hydrogen-bond acceptors (Lipinski definition) is 7. The molecule has 0 bridgehead atoms. The molecule has 8 atom stereocenters. The molecule has 1 heterocycles. The van der Waals surface area contributed by atoms with Crippen LogP contribution in [0.5, 0.6) is 0 Å². The zero-order valence-corrected chi connectivity index (χ0v) is 25.4. The minimum atomic E-state index is -1.17. The van der Waals surface area contributed by atoms with Gasteiger partial charge in [0.25, 0.3) is 0 Å². The van der Waals surface area contributed by atoms with E-state index >= 15 is 0 Å². The largest absolute Gasteiger partial charge is 0.435 e. The van der Waals surface area contributed by atoms with E-state index in [2.05, 4.69) is 40.0 Å². The quantitative estimate of drug-likeness (QED) is 0.0886. The molecular formula is C34H48O7. The van der Waals surface area contributed by atoms with Crippen molar-refractivity contribution in [1.29, 1.82) is 0 Å². The average Bonchev–Trinajstić information content (AvgIpc) is 3.19. The molecule has 7 heteroatoms. The molecule has 1 spiro atoms. The second-order valence-electron chi connectivity index (χ2n) is 12.2. The highest BCUT2D eigenvalue weighted by molar-refractivity contribution is 5.93. The van der Waals surface area contributed by atoms with Crippen molar-refractivity contribution in [2.24, 2.45) is 28.6 Å². The predicted molar refractivity (Wildman–Crippen MR) is 158 cm³/mol. The minimum Gasteiger partial charge on any atom is -0.435 e. The van der Waals surface area contributed by atoms with E-state index in [9.17, 15) is 19.5 Å². The summed E-state index contributed by atoms with van der Waals surface area (Å²) >= 11 is 0. The molecule has 7 nitrogen and oxygen atoms in total. The first-order valence-corrected chi connectivity index (χ1v) is 15.0. The molecule has 0 aromatic rings. The number of esters is 2. The molecule has 1 saturated carbocycles. The molecule has 1 saturated heterocycles. The lowest BCUT2D eigenvalue weighted by Crippen LogP contribution is -2.62. The van der Waals surface area contributed by atoms with Crippen LogP contribution in [0.2, 0.25) is 0 Å². The third-order valence-electron chi connectivity index (χ3n) is 9.55. The number of hydrogen-bond donors (Lipinski definition) is 1. The fraction of sp³-hybridized carbons (Fsp3) is 0.618. The van der Waals surface area contributed by atoms with Gasteiger partial charge in [-0.3, -0.25) is 19.1 Å². The Morgan fingerprint density at radius 3 is 2.49 bits per heavy atom. The van der Waals surface area contributed by atoms with Crippen LogP contribution in [0.4, 0.5) is 0 Å².